The predicted octanol–water partition coefficient (Wildman–Crippen LogP) is 4.38. The van der Waals surface area contributed by atoms with Gasteiger partial charge >= 0.3 is 5.51 Å². The number of alkyl halides is 3. The summed E-state index contributed by atoms with van der Waals surface area (Å²) in [5.41, 5.74) is -3.61. The Bertz CT molecular complexity index is 346. The second-order valence-corrected chi connectivity index (χ2v) is 5.40. The van der Waals surface area contributed by atoms with Crippen molar-refractivity contribution >= 4 is 11.8 Å². The van der Waals surface area contributed by atoms with Crippen LogP contribution in [0.2, 0.25) is 0 Å². The molecule has 0 amide bonds. The van der Waals surface area contributed by atoms with Gasteiger partial charge in [-0.3, -0.25) is 0 Å². The number of thioether (sulfide) groups is 1. The van der Waals surface area contributed by atoms with Crippen molar-refractivity contribution < 1.29 is 18.3 Å². The summed E-state index contributed by atoms with van der Waals surface area (Å²) in [5, 5.41) is 9.79. The highest BCUT2D eigenvalue weighted by atomic mass is 32.2. The topological polar surface area (TPSA) is 20.2 Å². The lowest BCUT2D eigenvalue weighted by Gasteiger charge is -2.14. The van der Waals surface area contributed by atoms with Crippen LogP contribution in [0.15, 0.2) is 29.2 Å². The summed E-state index contributed by atoms with van der Waals surface area (Å²) in [6.45, 7) is 3.97. The third-order valence-corrected chi connectivity index (χ3v) is 2.93. The van der Waals surface area contributed by atoms with Crippen molar-refractivity contribution in [3.63, 3.8) is 0 Å². The van der Waals surface area contributed by atoms with E-state index >= 15 is 0 Å². The van der Waals surface area contributed by atoms with Crippen molar-refractivity contribution in [3.8, 4) is 0 Å². The predicted molar refractivity (Wildman–Crippen MR) is 62.8 cm³/mol. The molecule has 0 aliphatic heterocycles. The molecule has 96 valence electrons. The molecule has 1 N–H and O–H groups in total. The Morgan fingerprint density at radius 1 is 1.18 bits per heavy atom. The molecule has 1 nitrogen and oxygen atoms in total. The van der Waals surface area contributed by atoms with E-state index in [0.717, 1.165) is 0 Å². The van der Waals surface area contributed by atoms with E-state index in [4.69, 9.17) is 0 Å². The highest BCUT2D eigenvalue weighted by Crippen LogP contribution is 2.37. The number of aliphatic hydroxyl groups excluding tert-OH is 1. The van der Waals surface area contributed by atoms with Gasteiger partial charge in [0.15, 0.2) is 0 Å². The zero-order chi connectivity index (χ0) is 13.1. The van der Waals surface area contributed by atoms with Crippen molar-refractivity contribution in [3.05, 3.63) is 29.8 Å². The Kier molecular flexibility index (Phi) is 4.89. The average Bonchev–Trinajstić information content (AvgIpc) is 2.15. The molecule has 0 radical (unpaired) electrons. The fourth-order valence-corrected chi connectivity index (χ4v) is 2.01. The summed E-state index contributed by atoms with van der Waals surface area (Å²) in [6.07, 6.45) is -0.00823. The maximum Gasteiger partial charge on any atom is 0.446 e. The maximum atomic E-state index is 12.1. The Labute approximate surface area is 103 Å². The molecular formula is C12H15F3OS. The number of aliphatic hydroxyl groups is 1. The monoisotopic (exact) mass is 264 g/mol. The first-order chi connectivity index (χ1) is 7.78. The Morgan fingerprint density at radius 2 is 1.71 bits per heavy atom. The first kappa shape index (κ1) is 14.4. The van der Waals surface area contributed by atoms with Gasteiger partial charge in [0.1, 0.15) is 0 Å². The highest BCUT2D eigenvalue weighted by Gasteiger charge is 2.29. The van der Waals surface area contributed by atoms with E-state index in [9.17, 15) is 18.3 Å². The van der Waals surface area contributed by atoms with E-state index in [1.165, 1.54) is 12.1 Å². The molecule has 1 atom stereocenters. The van der Waals surface area contributed by atoms with Crippen LogP contribution < -0.4 is 0 Å². The van der Waals surface area contributed by atoms with Gasteiger partial charge in [-0.05, 0) is 41.8 Å². The SMILES string of the molecule is CC(C)CC(O)c1ccc(SC(F)(F)F)cc1. The third-order valence-electron chi connectivity index (χ3n) is 2.19. The van der Waals surface area contributed by atoms with Crippen LogP contribution in [0.4, 0.5) is 13.2 Å². The minimum absolute atomic E-state index is 0.137. The number of hydrogen-bond acceptors (Lipinski definition) is 2. The Morgan fingerprint density at radius 3 is 2.12 bits per heavy atom. The quantitative estimate of drug-likeness (QED) is 0.814. The highest BCUT2D eigenvalue weighted by molar-refractivity contribution is 8.00. The summed E-state index contributed by atoms with van der Waals surface area (Å²) >= 11 is -0.147. The molecule has 0 saturated carbocycles. The molecule has 0 aromatic heterocycles. The van der Waals surface area contributed by atoms with Crippen LogP contribution in [0.25, 0.3) is 0 Å². The first-order valence-electron chi connectivity index (χ1n) is 5.31. The van der Waals surface area contributed by atoms with Gasteiger partial charge in [-0.2, -0.15) is 13.2 Å². The molecule has 5 heteroatoms. The second kappa shape index (κ2) is 5.78. The molecular weight excluding hydrogens is 249 g/mol. The van der Waals surface area contributed by atoms with Gasteiger partial charge in [-0.15, -0.1) is 0 Å². The maximum absolute atomic E-state index is 12.1. The summed E-state index contributed by atoms with van der Waals surface area (Å²) in [5.74, 6) is 0.342. The van der Waals surface area contributed by atoms with Gasteiger partial charge in [0, 0.05) is 4.90 Å². The zero-order valence-electron chi connectivity index (χ0n) is 9.66. The van der Waals surface area contributed by atoms with Crippen molar-refractivity contribution in [1.29, 1.82) is 0 Å². The van der Waals surface area contributed by atoms with Gasteiger partial charge < -0.3 is 5.11 Å². The standard InChI is InChI=1S/C12H15F3OS/c1-8(2)7-11(16)9-3-5-10(6-4-9)17-12(13,14)15/h3-6,8,11,16H,7H2,1-2H3. The van der Waals surface area contributed by atoms with E-state index in [1.54, 1.807) is 12.1 Å². The van der Waals surface area contributed by atoms with Gasteiger partial charge in [0.05, 0.1) is 6.10 Å². The first-order valence-corrected chi connectivity index (χ1v) is 6.13. The van der Waals surface area contributed by atoms with Gasteiger partial charge in [-0.25, -0.2) is 0 Å². The van der Waals surface area contributed by atoms with Crippen LogP contribution >= 0.6 is 11.8 Å². The van der Waals surface area contributed by atoms with Crippen LogP contribution in [-0.2, 0) is 0 Å². The Balaban J connectivity index is 2.67. The minimum atomic E-state index is -4.27. The third kappa shape index (κ3) is 5.46. The van der Waals surface area contributed by atoms with Crippen LogP contribution in [0, 0.1) is 5.92 Å². The molecule has 17 heavy (non-hydrogen) atoms. The summed E-state index contributed by atoms with van der Waals surface area (Å²) in [4.78, 5) is 0.137. The number of benzene rings is 1. The molecule has 1 rings (SSSR count). The van der Waals surface area contributed by atoms with E-state index < -0.39 is 11.6 Å². The average molecular weight is 264 g/mol. The summed E-state index contributed by atoms with van der Waals surface area (Å²) in [7, 11) is 0. The van der Waals surface area contributed by atoms with Crippen LogP contribution in [-0.4, -0.2) is 10.6 Å². The summed E-state index contributed by atoms with van der Waals surface area (Å²) in [6, 6.07) is 5.86. The van der Waals surface area contributed by atoms with Crippen LogP contribution in [0.5, 0.6) is 0 Å². The normalized spacial score (nSPS) is 14.1. The van der Waals surface area contributed by atoms with Gasteiger partial charge in [0.25, 0.3) is 0 Å². The van der Waals surface area contributed by atoms with E-state index in [0.29, 0.717) is 17.9 Å². The van der Waals surface area contributed by atoms with Crippen molar-refractivity contribution in [2.45, 2.75) is 36.8 Å². The largest absolute Gasteiger partial charge is 0.446 e. The van der Waals surface area contributed by atoms with E-state index in [2.05, 4.69) is 0 Å². The second-order valence-electron chi connectivity index (χ2n) is 4.26. The molecule has 1 unspecified atom stereocenters. The van der Waals surface area contributed by atoms with Crippen LogP contribution in [0.1, 0.15) is 31.9 Å². The van der Waals surface area contributed by atoms with E-state index in [1.807, 2.05) is 13.8 Å². The lowest BCUT2D eigenvalue weighted by molar-refractivity contribution is -0.0328. The molecule has 0 spiro atoms. The fourth-order valence-electron chi connectivity index (χ4n) is 1.47. The molecule has 0 bridgehead atoms. The lowest BCUT2D eigenvalue weighted by atomic mass is 10.00. The van der Waals surface area contributed by atoms with Crippen molar-refractivity contribution in [2.24, 2.45) is 5.92 Å². The molecule has 1 aromatic rings. The zero-order valence-corrected chi connectivity index (χ0v) is 10.5. The van der Waals surface area contributed by atoms with Crippen molar-refractivity contribution in [1.82, 2.24) is 0 Å². The van der Waals surface area contributed by atoms with Crippen molar-refractivity contribution in [2.75, 3.05) is 0 Å². The van der Waals surface area contributed by atoms with Gasteiger partial charge in [-0.1, -0.05) is 26.0 Å². The minimum Gasteiger partial charge on any atom is -0.388 e. The van der Waals surface area contributed by atoms with Crippen LogP contribution in [0.3, 0.4) is 0 Å². The molecule has 0 saturated heterocycles. The molecule has 0 fully saturated rings. The lowest BCUT2D eigenvalue weighted by Crippen LogP contribution is -2.02. The Hall–Kier alpha value is -0.680. The molecule has 0 heterocycles. The smallest absolute Gasteiger partial charge is 0.388 e. The number of rotatable bonds is 4. The number of halogens is 3. The molecule has 0 aliphatic carbocycles. The van der Waals surface area contributed by atoms with Gasteiger partial charge in [0.2, 0.25) is 0 Å². The van der Waals surface area contributed by atoms with E-state index in [-0.39, 0.29) is 16.7 Å². The molecule has 1 aromatic carbocycles. The fraction of sp³-hybridized carbons (Fsp3) is 0.500. The summed E-state index contributed by atoms with van der Waals surface area (Å²) < 4.78 is 36.3. The molecule has 0 aliphatic rings. The number of hydrogen-bond donors (Lipinski definition) is 1.